The van der Waals surface area contributed by atoms with Gasteiger partial charge in [-0.25, -0.2) is 0 Å². The van der Waals surface area contributed by atoms with Crippen LogP contribution in [0.1, 0.15) is 11.7 Å². The fourth-order valence-electron chi connectivity index (χ4n) is 1.76. The molecule has 2 heterocycles. The molecule has 0 saturated carbocycles. The number of halogens is 2. The third-order valence-corrected chi connectivity index (χ3v) is 5.71. The highest BCUT2D eigenvalue weighted by Gasteiger charge is 2.26. The van der Waals surface area contributed by atoms with Crippen LogP contribution in [0.15, 0.2) is 25.4 Å². The molecule has 0 aromatic heterocycles. The minimum Gasteiger partial charge on any atom is -0.454 e. The molecule has 0 aliphatic carbocycles. The van der Waals surface area contributed by atoms with Gasteiger partial charge in [-0.15, -0.1) is 0 Å². The molecule has 16 heavy (non-hydrogen) atoms. The zero-order valence-electron chi connectivity index (χ0n) is 8.20. The van der Waals surface area contributed by atoms with Crippen LogP contribution >= 0.6 is 45.2 Å². The van der Waals surface area contributed by atoms with Crippen molar-refractivity contribution in [2.45, 2.75) is 6.10 Å². The lowest BCUT2D eigenvalue weighted by molar-refractivity contribution is 0.128. The number of ether oxygens (including phenoxy) is 3. The second kappa shape index (κ2) is 4.34. The van der Waals surface area contributed by atoms with Crippen LogP contribution in [-0.4, -0.2) is 13.4 Å². The summed E-state index contributed by atoms with van der Waals surface area (Å²) >= 11 is 4.67. The Hall–Kier alpha value is -0.0200. The van der Waals surface area contributed by atoms with E-state index in [2.05, 4.69) is 45.2 Å². The first kappa shape index (κ1) is 11.1. The van der Waals surface area contributed by atoms with Crippen molar-refractivity contribution in [3.05, 3.63) is 30.9 Å². The standard InChI is InChI=1S/C11H8I2O3/c12-7-4-14-11(10(7)13)6-1-2-8-9(3-6)16-5-15-8/h1-3,11H,4-5H2. The van der Waals surface area contributed by atoms with Gasteiger partial charge in [0.2, 0.25) is 6.79 Å². The summed E-state index contributed by atoms with van der Waals surface area (Å²) in [7, 11) is 0. The lowest BCUT2D eigenvalue weighted by Gasteiger charge is -2.11. The summed E-state index contributed by atoms with van der Waals surface area (Å²) in [5.41, 5.74) is 1.13. The molecule has 1 aromatic carbocycles. The van der Waals surface area contributed by atoms with E-state index in [1.54, 1.807) is 0 Å². The molecule has 0 N–H and O–H groups in total. The van der Waals surface area contributed by atoms with E-state index >= 15 is 0 Å². The van der Waals surface area contributed by atoms with Crippen molar-refractivity contribution in [2.75, 3.05) is 13.4 Å². The van der Waals surface area contributed by atoms with Crippen LogP contribution in [-0.2, 0) is 4.74 Å². The largest absolute Gasteiger partial charge is 0.454 e. The van der Waals surface area contributed by atoms with E-state index in [1.807, 2.05) is 18.2 Å². The molecule has 0 fully saturated rings. The van der Waals surface area contributed by atoms with E-state index in [4.69, 9.17) is 14.2 Å². The number of hydrogen-bond donors (Lipinski definition) is 0. The summed E-state index contributed by atoms with van der Waals surface area (Å²) in [5.74, 6) is 1.63. The monoisotopic (exact) mass is 442 g/mol. The maximum atomic E-state index is 5.74. The van der Waals surface area contributed by atoms with Crippen LogP contribution in [0.4, 0.5) is 0 Å². The van der Waals surface area contributed by atoms with Crippen molar-refractivity contribution in [1.82, 2.24) is 0 Å². The molecule has 0 amide bonds. The topological polar surface area (TPSA) is 27.7 Å². The van der Waals surface area contributed by atoms with Crippen LogP contribution in [0.25, 0.3) is 0 Å². The van der Waals surface area contributed by atoms with Crippen molar-refractivity contribution in [3.63, 3.8) is 0 Å². The van der Waals surface area contributed by atoms with Crippen molar-refractivity contribution in [2.24, 2.45) is 0 Å². The van der Waals surface area contributed by atoms with Gasteiger partial charge in [0.1, 0.15) is 6.10 Å². The normalized spacial score (nSPS) is 23.0. The predicted molar refractivity (Wildman–Crippen MR) is 76.3 cm³/mol. The first-order chi connectivity index (χ1) is 7.75. The van der Waals surface area contributed by atoms with E-state index in [0.717, 1.165) is 17.1 Å². The van der Waals surface area contributed by atoms with Gasteiger partial charge in [-0.05, 0) is 62.9 Å². The molecular weight excluding hydrogens is 434 g/mol. The molecule has 1 aromatic rings. The Morgan fingerprint density at radius 3 is 2.69 bits per heavy atom. The van der Waals surface area contributed by atoms with E-state index in [0.29, 0.717) is 13.4 Å². The van der Waals surface area contributed by atoms with Crippen molar-refractivity contribution < 1.29 is 14.2 Å². The number of fused-ring (bicyclic) bond motifs is 1. The van der Waals surface area contributed by atoms with Gasteiger partial charge < -0.3 is 14.2 Å². The Bertz CT molecular complexity index is 470. The summed E-state index contributed by atoms with van der Waals surface area (Å²) in [5, 5.41) is 0. The quantitative estimate of drug-likeness (QED) is 0.623. The molecule has 1 atom stereocenters. The van der Waals surface area contributed by atoms with E-state index in [-0.39, 0.29) is 6.10 Å². The molecule has 0 bridgehead atoms. The number of rotatable bonds is 1. The zero-order valence-corrected chi connectivity index (χ0v) is 12.5. The van der Waals surface area contributed by atoms with Gasteiger partial charge in [0.05, 0.1) is 6.61 Å². The Morgan fingerprint density at radius 2 is 1.94 bits per heavy atom. The van der Waals surface area contributed by atoms with Crippen molar-refractivity contribution in [3.8, 4) is 11.5 Å². The number of hydrogen-bond acceptors (Lipinski definition) is 3. The third kappa shape index (κ3) is 1.82. The van der Waals surface area contributed by atoms with Gasteiger partial charge >= 0.3 is 0 Å². The SMILES string of the molecule is IC1=C(I)C(c2ccc3c(c2)OCO3)OC1. The Balaban J connectivity index is 1.96. The van der Waals surface area contributed by atoms with E-state index < -0.39 is 0 Å². The van der Waals surface area contributed by atoms with Gasteiger partial charge in [0, 0.05) is 7.16 Å². The maximum Gasteiger partial charge on any atom is 0.231 e. The summed E-state index contributed by atoms with van der Waals surface area (Å²) in [6.07, 6.45) is 0.0574. The molecule has 3 rings (SSSR count). The van der Waals surface area contributed by atoms with Gasteiger partial charge in [0.25, 0.3) is 0 Å². The van der Waals surface area contributed by atoms with Crippen LogP contribution in [0, 0.1) is 0 Å². The smallest absolute Gasteiger partial charge is 0.231 e. The Labute approximate surface area is 120 Å². The Morgan fingerprint density at radius 1 is 1.12 bits per heavy atom. The summed E-state index contributed by atoms with van der Waals surface area (Å²) in [6, 6.07) is 5.98. The highest BCUT2D eigenvalue weighted by molar-refractivity contribution is 14.1. The lowest BCUT2D eigenvalue weighted by Crippen LogP contribution is -1.97. The fraction of sp³-hybridized carbons (Fsp3) is 0.273. The van der Waals surface area contributed by atoms with Crippen LogP contribution in [0.2, 0.25) is 0 Å². The molecule has 3 nitrogen and oxygen atoms in total. The first-order valence-corrected chi connectivity index (χ1v) is 6.96. The van der Waals surface area contributed by atoms with Gasteiger partial charge in [-0.3, -0.25) is 0 Å². The third-order valence-electron chi connectivity index (χ3n) is 2.57. The lowest BCUT2D eigenvalue weighted by atomic mass is 10.1. The maximum absolute atomic E-state index is 5.74. The summed E-state index contributed by atoms with van der Waals surface area (Å²) < 4.78 is 18.9. The van der Waals surface area contributed by atoms with Crippen molar-refractivity contribution in [1.29, 1.82) is 0 Å². The van der Waals surface area contributed by atoms with Crippen LogP contribution in [0.3, 0.4) is 0 Å². The van der Waals surface area contributed by atoms with E-state index in [9.17, 15) is 0 Å². The van der Waals surface area contributed by atoms with E-state index in [1.165, 1.54) is 7.16 Å². The second-order valence-corrected chi connectivity index (χ2v) is 6.02. The zero-order chi connectivity index (χ0) is 11.1. The molecule has 0 radical (unpaired) electrons. The fourth-order valence-corrected chi connectivity index (χ4v) is 2.92. The predicted octanol–water partition coefficient (Wildman–Crippen LogP) is 3.57. The molecule has 0 saturated heterocycles. The first-order valence-electron chi connectivity index (χ1n) is 4.81. The Kier molecular flexibility index (Phi) is 3.01. The molecule has 0 spiro atoms. The molecule has 5 heteroatoms. The molecule has 1 unspecified atom stereocenters. The summed E-state index contributed by atoms with van der Waals surface area (Å²) in [6.45, 7) is 1.02. The second-order valence-electron chi connectivity index (χ2n) is 3.56. The van der Waals surface area contributed by atoms with Crippen LogP contribution < -0.4 is 9.47 Å². The highest BCUT2D eigenvalue weighted by atomic mass is 127. The highest BCUT2D eigenvalue weighted by Crippen LogP contribution is 2.43. The summed E-state index contributed by atoms with van der Waals surface area (Å²) in [4.78, 5) is 0. The van der Waals surface area contributed by atoms with Crippen molar-refractivity contribution >= 4 is 45.2 Å². The molecule has 2 aliphatic heterocycles. The number of benzene rings is 1. The van der Waals surface area contributed by atoms with Crippen LogP contribution in [0.5, 0.6) is 11.5 Å². The average Bonchev–Trinajstić information content (AvgIpc) is 2.86. The minimum atomic E-state index is 0.0574. The molecule has 2 aliphatic rings. The van der Waals surface area contributed by atoms with Gasteiger partial charge in [0.15, 0.2) is 11.5 Å². The molecular formula is C11H8I2O3. The average molecular weight is 442 g/mol. The van der Waals surface area contributed by atoms with Gasteiger partial charge in [-0.2, -0.15) is 0 Å². The molecule has 84 valence electrons. The minimum absolute atomic E-state index is 0.0574. The van der Waals surface area contributed by atoms with Gasteiger partial charge in [-0.1, -0.05) is 6.07 Å².